The summed E-state index contributed by atoms with van der Waals surface area (Å²) in [7, 11) is 1.91. The van der Waals surface area contributed by atoms with Crippen LogP contribution in [0.15, 0.2) is 28.9 Å². The monoisotopic (exact) mass is 311 g/mol. The number of aromatic nitrogens is 2. The van der Waals surface area contributed by atoms with Crippen LogP contribution in [0.25, 0.3) is 0 Å². The van der Waals surface area contributed by atoms with Crippen molar-refractivity contribution in [3.8, 4) is 0 Å². The Morgan fingerprint density at radius 2 is 2.06 bits per heavy atom. The van der Waals surface area contributed by atoms with Crippen molar-refractivity contribution in [1.29, 1.82) is 0 Å². The average Bonchev–Trinajstić information content (AvgIpc) is 2.65. The highest BCUT2D eigenvalue weighted by Crippen LogP contribution is 2.15. The Bertz CT molecular complexity index is 551. The highest BCUT2D eigenvalue weighted by molar-refractivity contribution is 9.10. The molecule has 0 saturated carbocycles. The zero-order valence-electron chi connectivity index (χ0n) is 10.4. The Kier molecular flexibility index (Phi) is 4.14. The summed E-state index contributed by atoms with van der Waals surface area (Å²) in [5, 5.41) is 7.39. The van der Waals surface area contributed by atoms with Crippen LogP contribution in [0.4, 0.5) is 4.39 Å². The molecule has 1 heterocycles. The molecule has 1 N–H and O–H groups in total. The molecule has 0 amide bonds. The Morgan fingerprint density at radius 1 is 1.33 bits per heavy atom. The molecule has 96 valence electrons. The smallest absolute Gasteiger partial charge is 0.127 e. The third-order valence-electron chi connectivity index (χ3n) is 2.98. The summed E-state index contributed by atoms with van der Waals surface area (Å²) in [4.78, 5) is 0. The zero-order valence-corrected chi connectivity index (χ0v) is 12.0. The third kappa shape index (κ3) is 2.97. The standard InChI is InChI=1S/C13H15BrFN3/c1-9-11(8-17-18(9)2)7-16-6-10-5-12(14)3-4-13(10)15/h3-5,8,16H,6-7H2,1-2H3. The van der Waals surface area contributed by atoms with Crippen LogP contribution in [-0.4, -0.2) is 9.78 Å². The minimum Gasteiger partial charge on any atom is -0.308 e. The van der Waals surface area contributed by atoms with Gasteiger partial charge in [-0.3, -0.25) is 4.68 Å². The number of hydrogen-bond donors (Lipinski definition) is 1. The first kappa shape index (κ1) is 13.2. The SMILES string of the molecule is Cc1c(CNCc2cc(Br)ccc2F)cnn1C. The Labute approximate surface area is 114 Å². The molecule has 0 aliphatic carbocycles. The van der Waals surface area contributed by atoms with Crippen molar-refractivity contribution in [3.63, 3.8) is 0 Å². The van der Waals surface area contributed by atoms with Crippen LogP contribution >= 0.6 is 15.9 Å². The third-order valence-corrected chi connectivity index (χ3v) is 3.47. The van der Waals surface area contributed by atoms with E-state index in [4.69, 9.17) is 0 Å². The first-order valence-electron chi connectivity index (χ1n) is 5.70. The minimum absolute atomic E-state index is 0.186. The second kappa shape index (κ2) is 5.63. The van der Waals surface area contributed by atoms with Gasteiger partial charge in [-0.05, 0) is 25.1 Å². The lowest BCUT2D eigenvalue weighted by Gasteiger charge is -2.06. The second-order valence-electron chi connectivity index (χ2n) is 4.22. The molecule has 0 spiro atoms. The number of aryl methyl sites for hydroxylation is 1. The molecule has 2 aromatic rings. The fraction of sp³-hybridized carbons (Fsp3) is 0.308. The normalized spacial score (nSPS) is 10.9. The van der Waals surface area contributed by atoms with Gasteiger partial charge in [0.15, 0.2) is 0 Å². The first-order valence-corrected chi connectivity index (χ1v) is 6.49. The zero-order chi connectivity index (χ0) is 13.1. The van der Waals surface area contributed by atoms with Crippen LogP contribution in [0.5, 0.6) is 0 Å². The first-order chi connectivity index (χ1) is 8.58. The second-order valence-corrected chi connectivity index (χ2v) is 5.13. The van der Waals surface area contributed by atoms with Crippen LogP contribution < -0.4 is 5.32 Å². The van der Waals surface area contributed by atoms with E-state index in [0.717, 1.165) is 15.7 Å². The van der Waals surface area contributed by atoms with E-state index < -0.39 is 0 Å². The van der Waals surface area contributed by atoms with Gasteiger partial charge in [0.25, 0.3) is 0 Å². The van der Waals surface area contributed by atoms with Crippen molar-refractivity contribution in [2.45, 2.75) is 20.0 Å². The molecule has 0 aliphatic rings. The van der Waals surface area contributed by atoms with Gasteiger partial charge in [-0.25, -0.2) is 4.39 Å². The fourth-order valence-corrected chi connectivity index (χ4v) is 2.14. The van der Waals surface area contributed by atoms with E-state index in [-0.39, 0.29) is 5.82 Å². The fourth-order valence-electron chi connectivity index (χ4n) is 1.73. The van der Waals surface area contributed by atoms with Crippen molar-refractivity contribution in [3.05, 3.63) is 51.5 Å². The van der Waals surface area contributed by atoms with Gasteiger partial charge < -0.3 is 5.32 Å². The maximum Gasteiger partial charge on any atom is 0.127 e. The number of nitrogens with zero attached hydrogens (tertiary/aromatic N) is 2. The molecule has 2 rings (SSSR count). The number of benzene rings is 1. The summed E-state index contributed by atoms with van der Waals surface area (Å²) in [6.07, 6.45) is 1.83. The summed E-state index contributed by atoms with van der Waals surface area (Å²) in [6, 6.07) is 4.96. The molecule has 0 bridgehead atoms. The van der Waals surface area contributed by atoms with Crippen LogP contribution in [0, 0.1) is 12.7 Å². The molecular formula is C13H15BrFN3. The summed E-state index contributed by atoms with van der Waals surface area (Å²) in [5.41, 5.74) is 2.91. The number of nitrogens with one attached hydrogen (secondary N) is 1. The van der Waals surface area contributed by atoms with Crippen LogP contribution in [0.1, 0.15) is 16.8 Å². The largest absolute Gasteiger partial charge is 0.308 e. The van der Waals surface area contributed by atoms with E-state index in [1.807, 2.05) is 24.9 Å². The average molecular weight is 312 g/mol. The Balaban J connectivity index is 1.96. The predicted octanol–water partition coefficient (Wildman–Crippen LogP) is 2.92. The highest BCUT2D eigenvalue weighted by atomic mass is 79.9. The molecule has 1 aromatic carbocycles. The van der Waals surface area contributed by atoms with Gasteiger partial charge in [-0.15, -0.1) is 0 Å². The summed E-state index contributed by atoms with van der Waals surface area (Å²) < 4.78 is 16.2. The lowest BCUT2D eigenvalue weighted by molar-refractivity contribution is 0.587. The van der Waals surface area contributed by atoms with Gasteiger partial charge in [0.1, 0.15) is 5.82 Å². The maximum atomic E-state index is 13.5. The summed E-state index contributed by atoms with van der Waals surface area (Å²) in [5.74, 6) is -0.186. The Hall–Kier alpha value is -1.20. The lowest BCUT2D eigenvalue weighted by atomic mass is 10.2. The van der Waals surface area contributed by atoms with Crippen molar-refractivity contribution in [2.24, 2.45) is 7.05 Å². The van der Waals surface area contributed by atoms with Gasteiger partial charge in [0.05, 0.1) is 6.20 Å². The summed E-state index contributed by atoms with van der Waals surface area (Å²) in [6.45, 7) is 3.20. The molecule has 0 aliphatic heterocycles. The highest BCUT2D eigenvalue weighted by Gasteiger charge is 2.05. The van der Waals surface area contributed by atoms with Crippen LogP contribution in [0.2, 0.25) is 0 Å². The van der Waals surface area contributed by atoms with Crippen LogP contribution in [-0.2, 0) is 20.1 Å². The molecule has 5 heteroatoms. The molecule has 0 fully saturated rings. The van der Waals surface area contributed by atoms with E-state index in [1.165, 1.54) is 6.07 Å². The molecule has 18 heavy (non-hydrogen) atoms. The molecular weight excluding hydrogens is 297 g/mol. The van der Waals surface area contributed by atoms with Crippen molar-refractivity contribution in [2.75, 3.05) is 0 Å². The van der Waals surface area contributed by atoms with Gasteiger partial charge in [-0.2, -0.15) is 5.10 Å². The minimum atomic E-state index is -0.186. The van der Waals surface area contributed by atoms with E-state index >= 15 is 0 Å². The predicted molar refractivity (Wildman–Crippen MR) is 72.6 cm³/mol. The number of halogens is 2. The Morgan fingerprint density at radius 3 is 2.72 bits per heavy atom. The van der Waals surface area contributed by atoms with Gasteiger partial charge in [-0.1, -0.05) is 15.9 Å². The maximum absolute atomic E-state index is 13.5. The van der Waals surface area contributed by atoms with E-state index in [0.29, 0.717) is 18.7 Å². The van der Waals surface area contributed by atoms with E-state index in [9.17, 15) is 4.39 Å². The molecule has 0 saturated heterocycles. The van der Waals surface area contributed by atoms with E-state index in [2.05, 4.69) is 26.3 Å². The topological polar surface area (TPSA) is 29.9 Å². The molecule has 1 aromatic heterocycles. The van der Waals surface area contributed by atoms with E-state index in [1.54, 1.807) is 12.1 Å². The van der Waals surface area contributed by atoms with Crippen molar-refractivity contribution in [1.82, 2.24) is 15.1 Å². The van der Waals surface area contributed by atoms with Crippen LogP contribution in [0.3, 0.4) is 0 Å². The van der Waals surface area contributed by atoms with Gasteiger partial charge in [0, 0.05) is 41.4 Å². The molecule has 0 radical (unpaired) electrons. The number of rotatable bonds is 4. The van der Waals surface area contributed by atoms with Gasteiger partial charge in [0.2, 0.25) is 0 Å². The lowest BCUT2D eigenvalue weighted by Crippen LogP contribution is -2.14. The molecule has 3 nitrogen and oxygen atoms in total. The van der Waals surface area contributed by atoms with Crippen molar-refractivity contribution < 1.29 is 4.39 Å². The quantitative estimate of drug-likeness (QED) is 0.941. The van der Waals surface area contributed by atoms with Gasteiger partial charge >= 0.3 is 0 Å². The summed E-state index contributed by atoms with van der Waals surface area (Å²) >= 11 is 3.34. The molecule has 0 unspecified atom stereocenters. The van der Waals surface area contributed by atoms with Crippen molar-refractivity contribution >= 4 is 15.9 Å². The molecule has 0 atom stereocenters. The number of hydrogen-bond acceptors (Lipinski definition) is 2.